The van der Waals surface area contributed by atoms with E-state index in [4.69, 9.17) is 21.1 Å². The average Bonchev–Trinajstić information content (AvgIpc) is 3.26. The molecule has 0 amide bonds. The number of aryl methyl sites for hydroxylation is 1. The van der Waals surface area contributed by atoms with Crippen LogP contribution in [0.5, 0.6) is 5.75 Å². The number of hydrogen-bond acceptors (Lipinski definition) is 7. The van der Waals surface area contributed by atoms with Gasteiger partial charge in [0.15, 0.2) is 0 Å². The van der Waals surface area contributed by atoms with Gasteiger partial charge in [0, 0.05) is 10.7 Å². The molecule has 2 aromatic heterocycles. The smallest absolute Gasteiger partial charge is 0.349 e. The minimum Gasteiger partial charge on any atom is -0.489 e. The highest BCUT2D eigenvalue weighted by atomic mass is 35.5. The van der Waals surface area contributed by atoms with Gasteiger partial charge in [-0.05, 0) is 60.0 Å². The van der Waals surface area contributed by atoms with Crippen molar-refractivity contribution in [2.24, 2.45) is 0 Å². The molecule has 8 heteroatoms. The van der Waals surface area contributed by atoms with E-state index in [9.17, 15) is 4.79 Å². The molecular formula is C28H22ClN3O3S. The molecule has 6 nitrogen and oxygen atoms in total. The van der Waals surface area contributed by atoms with Gasteiger partial charge >= 0.3 is 5.97 Å². The molecule has 0 bridgehead atoms. The van der Waals surface area contributed by atoms with Crippen molar-refractivity contribution < 1.29 is 14.3 Å². The van der Waals surface area contributed by atoms with Crippen LogP contribution in [0.4, 0.5) is 11.5 Å². The Labute approximate surface area is 217 Å². The second-order valence-corrected chi connectivity index (χ2v) is 9.52. The van der Waals surface area contributed by atoms with Crippen molar-refractivity contribution in [2.45, 2.75) is 20.1 Å². The Balaban J connectivity index is 1.28. The number of esters is 1. The first kappa shape index (κ1) is 23.8. The van der Waals surface area contributed by atoms with Crippen LogP contribution in [0.25, 0.3) is 10.2 Å². The third kappa shape index (κ3) is 5.48. The number of halogens is 1. The van der Waals surface area contributed by atoms with Crippen LogP contribution in [-0.4, -0.2) is 15.9 Å². The Morgan fingerprint density at radius 3 is 2.39 bits per heavy atom. The summed E-state index contributed by atoms with van der Waals surface area (Å²) >= 11 is 7.24. The third-order valence-electron chi connectivity index (χ3n) is 5.56. The second kappa shape index (κ2) is 10.8. The number of thiophene rings is 1. The second-order valence-electron chi connectivity index (χ2n) is 8.08. The molecule has 2 heterocycles. The van der Waals surface area contributed by atoms with Crippen molar-refractivity contribution in [1.29, 1.82) is 0 Å². The van der Waals surface area contributed by atoms with Crippen LogP contribution >= 0.6 is 22.9 Å². The molecular weight excluding hydrogens is 494 g/mol. The first-order valence-corrected chi connectivity index (χ1v) is 12.5. The quantitative estimate of drug-likeness (QED) is 0.218. The number of nitrogens with one attached hydrogen (secondary N) is 1. The molecule has 0 unspecified atom stereocenters. The van der Waals surface area contributed by atoms with Gasteiger partial charge in [0.05, 0.1) is 5.39 Å². The van der Waals surface area contributed by atoms with Crippen LogP contribution < -0.4 is 10.1 Å². The predicted molar refractivity (Wildman–Crippen MR) is 143 cm³/mol. The number of carbonyl (C=O) groups is 1. The van der Waals surface area contributed by atoms with Crippen molar-refractivity contribution >= 4 is 50.6 Å². The summed E-state index contributed by atoms with van der Waals surface area (Å²) in [6, 6.07) is 24.8. The lowest BCUT2D eigenvalue weighted by molar-refractivity contribution is 0.0478. The molecule has 36 heavy (non-hydrogen) atoms. The van der Waals surface area contributed by atoms with Gasteiger partial charge in [-0.15, -0.1) is 11.3 Å². The monoisotopic (exact) mass is 515 g/mol. The van der Waals surface area contributed by atoms with Crippen LogP contribution in [0.15, 0.2) is 85.2 Å². The van der Waals surface area contributed by atoms with Crippen LogP contribution in [0.1, 0.15) is 26.4 Å². The van der Waals surface area contributed by atoms with E-state index in [0.29, 0.717) is 22.3 Å². The van der Waals surface area contributed by atoms with E-state index in [1.165, 1.54) is 17.7 Å². The van der Waals surface area contributed by atoms with Gasteiger partial charge in [0.25, 0.3) is 0 Å². The summed E-state index contributed by atoms with van der Waals surface area (Å²) in [5.41, 5.74) is 3.61. The minimum absolute atomic E-state index is 0.219. The molecule has 0 spiro atoms. The molecule has 5 aromatic rings. The Hall–Kier alpha value is -3.94. The fraction of sp³-hybridized carbons (Fsp3) is 0.107. The molecule has 3 aromatic carbocycles. The molecule has 0 aliphatic rings. The van der Waals surface area contributed by atoms with Crippen LogP contribution in [0.2, 0.25) is 5.02 Å². The number of fused-ring (bicyclic) bond motifs is 1. The van der Waals surface area contributed by atoms with Crippen LogP contribution in [0.3, 0.4) is 0 Å². The number of benzene rings is 3. The zero-order chi connectivity index (χ0) is 24.9. The zero-order valence-corrected chi connectivity index (χ0v) is 21.0. The molecule has 0 saturated heterocycles. The molecule has 0 saturated carbocycles. The Bertz CT molecular complexity index is 1490. The van der Waals surface area contributed by atoms with Crippen LogP contribution in [-0.2, 0) is 18.0 Å². The van der Waals surface area contributed by atoms with Gasteiger partial charge in [-0.3, -0.25) is 0 Å². The standard InChI is InChI=1S/C28H22ClN3O3S/c1-18-24-26(32-22-11-13-23(14-12-22)34-15-20-7-9-21(29)10-8-20)30-17-31-27(24)36-25(18)28(33)35-16-19-5-3-2-4-6-19/h2-14,17H,15-16H2,1H3,(H,30,31,32). The summed E-state index contributed by atoms with van der Waals surface area (Å²) in [6.07, 6.45) is 1.49. The van der Waals surface area contributed by atoms with Gasteiger partial charge in [-0.1, -0.05) is 54.1 Å². The summed E-state index contributed by atoms with van der Waals surface area (Å²) < 4.78 is 11.4. The van der Waals surface area contributed by atoms with E-state index in [1.54, 1.807) is 0 Å². The molecule has 0 aliphatic carbocycles. The number of nitrogens with zero attached hydrogens (tertiary/aromatic N) is 2. The maximum absolute atomic E-state index is 12.8. The topological polar surface area (TPSA) is 73.3 Å². The average molecular weight is 516 g/mol. The van der Waals surface area contributed by atoms with Gasteiger partial charge in [0.1, 0.15) is 40.8 Å². The van der Waals surface area contributed by atoms with Crippen molar-refractivity contribution in [3.63, 3.8) is 0 Å². The number of anilines is 2. The number of rotatable bonds is 8. The fourth-order valence-electron chi connectivity index (χ4n) is 3.67. The highest BCUT2D eigenvalue weighted by molar-refractivity contribution is 7.20. The van der Waals surface area contributed by atoms with Gasteiger partial charge < -0.3 is 14.8 Å². The summed E-state index contributed by atoms with van der Waals surface area (Å²) in [6.45, 7) is 2.56. The maximum Gasteiger partial charge on any atom is 0.349 e. The lowest BCUT2D eigenvalue weighted by atomic mass is 10.2. The van der Waals surface area contributed by atoms with Crippen molar-refractivity contribution in [2.75, 3.05) is 5.32 Å². The summed E-state index contributed by atoms with van der Waals surface area (Å²) in [4.78, 5) is 22.8. The van der Waals surface area contributed by atoms with Crippen molar-refractivity contribution in [3.8, 4) is 5.75 Å². The molecule has 1 N–H and O–H groups in total. The van der Waals surface area contributed by atoms with Gasteiger partial charge in [-0.2, -0.15) is 0 Å². The normalized spacial score (nSPS) is 10.8. The number of hydrogen-bond donors (Lipinski definition) is 1. The van der Waals surface area contributed by atoms with E-state index in [2.05, 4.69) is 15.3 Å². The highest BCUT2D eigenvalue weighted by Crippen LogP contribution is 2.35. The van der Waals surface area contributed by atoms with Crippen molar-refractivity contribution in [3.05, 3.63) is 112 Å². The summed E-state index contributed by atoms with van der Waals surface area (Å²) in [5, 5.41) is 4.84. The Morgan fingerprint density at radius 1 is 0.917 bits per heavy atom. The SMILES string of the molecule is Cc1c(C(=O)OCc2ccccc2)sc2ncnc(Nc3ccc(OCc4ccc(Cl)cc4)cc3)c12. The minimum atomic E-state index is -0.368. The summed E-state index contributed by atoms with van der Waals surface area (Å²) in [7, 11) is 0. The molecule has 5 rings (SSSR count). The fourth-order valence-corrected chi connectivity index (χ4v) is 4.84. The summed E-state index contributed by atoms with van der Waals surface area (Å²) in [5.74, 6) is 1.01. The zero-order valence-electron chi connectivity index (χ0n) is 19.4. The van der Waals surface area contributed by atoms with E-state index in [0.717, 1.165) is 38.3 Å². The molecule has 0 atom stereocenters. The lowest BCUT2D eigenvalue weighted by Gasteiger charge is -2.10. The maximum atomic E-state index is 12.8. The molecule has 0 radical (unpaired) electrons. The first-order chi connectivity index (χ1) is 17.6. The van der Waals surface area contributed by atoms with Gasteiger partial charge in [0.2, 0.25) is 0 Å². The predicted octanol–water partition coefficient (Wildman–Crippen LogP) is 7.33. The number of carbonyl (C=O) groups excluding carboxylic acids is 1. The molecule has 0 aliphatic heterocycles. The Kier molecular flexibility index (Phi) is 7.11. The number of ether oxygens (including phenoxy) is 2. The number of aromatic nitrogens is 2. The van der Waals surface area contributed by atoms with Gasteiger partial charge in [-0.25, -0.2) is 14.8 Å². The van der Waals surface area contributed by atoms with Crippen LogP contribution in [0, 0.1) is 6.92 Å². The third-order valence-corrected chi connectivity index (χ3v) is 6.99. The van der Waals surface area contributed by atoms with E-state index in [-0.39, 0.29) is 12.6 Å². The van der Waals surface area contributed by atoms with E-state index >= 15 is 0 Å². The van der Waals surface area contributed by atoms with E-state index in [1.807, 2.05) is 85.8 Å². The lowest BCUT2D eigenvalue weighted by Crippen LogP contribution is -2.04. The van der Waals surface area contributed by atoms with Crippen molar-refractivity contribution in [1.82, 2.24) is 9.97 Å². The highest BCUT2D eigenvalue weighted by Gasteiger charge is 2.20. The molecule has 0 fully saturated rings. The Morgan fingerprint density at radius 2 is 1.64 bits per heavy atom. The van der Waals surface area contributed by atoms with E-state index < -0.39 is 0 Å². The first-order valence-electron chi connectivity index (χ1n) is 11.3. The molecule has 180 valence electrons. The largest absolute Gasteiger partial charge is 0.489 e.